The number of nitrogens with one attached hydrogen (secondary N) is 1. The van der Waals surface area contributed by atoms with Crippen LogP contribution in [-0.2, 0) is 4.79 Å². The molecule has 2 heterocycles. The molecule has 1 unspecified atom stereocenters. The normalized spacial score (nSPS) is 22.5. The summed E-state index contributed by atoms with van der Waals surface area (Å²) >= 11 is 0. The summed E-state index contributed by atoms with van der Waals surface area (Å²) < 4.78 is 5.19. The SMILES string of the molecule is COc1cccc(NC(=O)CCN2CCCC(N3CCCC3)C2)c1. The first kappa shape index (κ1) is 17.2. The third-order valence-electron chi connectivity index (χ3n) is 5.15. The number of benzene rings is 1. The number of hydrogen-bond acceptors (Lipinski definition) is 4. The summed E-state index contributed by atoms with van der Waals surface area (Å²) in [6, 6.07) is 8.21. The van der Waals surface area contributed by atoms with E-state index in [-0.39, 0.29) is 5.91 Å². The van der Waals surface area contributed by atoms with E-state index in [1.807, 2.05) is 24.3 Å². The van der Waals surface area contributed by atoms with Gasteiger partial charge in [-0.3, -0.25) is 9.69 Å². The van der Waals surface area contributed by atoms with Gasteiger partial charge in [-0.25, -0.2) is 0 Å². The molecule has 2 aliphatic heterocycles. The number of rotatable bonds is 6. The third-order valence-corrected chi connectivity index (χ3v) is 5.15. The molecule has 0 saturated carbocycles. The number of nitrogens with zero attached hydrogens (tertiary/aromatic N) is 2. The van der Waals surface area contributed by atoms with Crippen LogP contribution in [-0.4, -0.2) is 61.6 Å². The number of hydrogen-bond donors (Lipinski definition) is 1. The zero-order valence-electron chi connectivity index (χ0n) is 14.7. The van der Waals surface area contributed by atoms with Crippen LogP contribution in [0.1, 0.15) is 32.1 Å². The van der Waals surface area contributed by atoms with Crippen LogP contribution in [0.25, 0.3) is 0 Å². The van der Waals surface area contributed by atoms with Crippen LogP contribution in [0.3, 0.4) is 0 Å². The van der Waals surface area contributed by atoms with Crippen LogP contribution in [0, 0.1) is 0 Å². The third kappa shape index (κ3) is 4.71. The highest BCUT2D eigenvalue weighted by Gasteiger charge is 2.27. The van der Waals surface area contributed by atoms with E-state index in [0.717, 1.165) is 31.1 Å². The van der Waals surface area contributed by atoms with Crippen molar-refractivity contribution >= 4 is 11.6 Å². The summed E-state index contributed by atoms with van der Waals surface area (Å²) in [5, 5.41) is 2.97. The van der Waals surface area contributed by atoms with Crippen molar-refractivity contribution in [2.24, 2.45) is 0 Å². The average molecular weight is 331 g/mol. The highest BCUT2D eigenvalue weighted by Crippen LogP contribution is 2.21. The molecule has 5 heteroatoms. The second kappa shape index (κ2) is 8.49. The maximum absolute atomic E-state index is 12.2. The number of carbonyl (C=O) groups is 1. The number of amides is 1. The summed E-state index contributed by atoms with van der Waals surface area (Å²) in [6.07, 6.45) is 5.80. The second-order valence-electron chi connectivity index (χ2n) is 6.87. The quantitative estimate of drug-likeness (QED) is 0.870. The average Bonchev–Trinajstić information content (AvgIpc) is 3.15. The van der Waals surface area contributed by atoms with Crippen LogP contribution in [0.5, 0.6) is 5.75 Å². The van der Waals surface area contributed by atoms with Crippen molar-refractivity contribution < 1.29 is 9.53 Å². The summed E-state index contributed by atoms with van der Waals surface area (Å²) in [5.74, 6) is 0.837. The molecule has 0 aliphatic carbocycles. The Labute approximate surface area is 145 Å². The van der Waals surface area contributed by atoms with Gasteiger partial charge in [-0.2, -0.15) is 0 Å². The molecule has 2 saturated heterocycles. The Morgan fingerprint density at radius 1 is 1.25 bits per heavy atom. The molecule has 1 atom stereocenters. The van der Waals surface area contributed by atoms with Gasteiger partial charge in [0.2, 0.25) is 5.91 Å². The maximum Gasteiger partial charge on any atom is 0.225 e. The highest BCUT2D eigenvalue weighted by atomic mass is 16.5. The monoisotopic (exact) mass is 331 g/mol. The number of carbonyl (C=O) groups excluding carboxylic acids is 1. The van der Waals surface area contributed by atoms with Gasteiger partial charge < -0.3 is 15.0 Å². The van der Waals surface area contributed by atoms with Gasteiger partial charge in [0, 0.05) is 37.3 Å². The van der Waals surface area contributed by atoms with Crippen molar-refractivity contribution in [2.45, 2.75) is 38.1 Å². The Hall–Kier alpha value is -1.59. The summed E-state index contributed by atoms with van der Waals surface area (Å²) in [7, 11) is 1.63. The first-order valence-electron chi connectivity index (χ1n) is 9.15. The Morgan fingerprint density at radius 3 is 2.88 bits per heavy atom. The molecule has 132 valence electrons. The lowest BCUT2D eigenvalue weighted by molar-refractivity contribution is -0.116. The van der Waals surface area contributed by atoms with Crippen molar-refractivity contribution in [3.63, 3.8) is 0 Å². The lowest BCUT2D eigenvalue weighted by atomic mass is 10.0. The zero-order chi connectivity index (χ0) is 16.8. The smallest absolute Gasteiger partial charge is 0.225 e. The number of ether oxygens (including phenoxy) is 1. The van der Waals surface area contributed by atoms with E-state index < -0.39 is 0 Å². The summed E-state index contributed by atoms with van der Waals surface area (Å²) in [4.78, 5) is 17.3. The standard InChI is InChI=1S/C19H29N3O2/c1-24-18-8-4-6-16(14-18)20-19(23)9-13-21-10-5-7-17(15-21)22-11-2-3-12-22/h4,6,8,14,17H,2-3,5,7,9-13,15H2,1H3,(H,20,23). The zero-order valence-corrected chi connectivity index (χ0v) is 14.7. The van der Waals surface area contributed by atoms with Gasteiger partial charge in [-0.05, 0) is 57.5 Å². The summed E-state index contributed by atoms with van der Waals surface area (Å²) in [6.45, 7) is 5.60. The number of piperidine rings is 1. The van der Waals surface area contributed by atoms with Crippen LogP contribution in [0.4, 0.5) is 5.69 Å². The number of methoxy groups -OCH3 is 1. The van der Waals surface area contributed by atoms with Gasteiger partial charge in [-0.1, -0.05) is 6.07 Å². The van der Waals surface area contributed by atoms with E-state index in [9.17, 15) is 4.79 Å². The Bertz CT molecular complexity index is 543. The minimum atomic E-state index is 0.0755. The fourth-order valence-electron chi connectivity index (χ4n) is 3.82. The predicted octanol–water partition coefficient (Wildman–Crippen LogP) is 2.58. The van der Waals surface area contributed by atoms with E-state index in [2.05, 4.69) is 15.1 Å². The fourth-order valence-corrected chi connectivity index (χ4v) is 3.82. The molecule has 1 aromatic rings. The highest BCUT2D eigenvalue weighted by molar-refractivity contribution is 5.91. The molecule has 5 nitrogen and oxygen atoms in total. The first-order chi connectivity index (χ1) is 11.7. The van der Waals surface area contributed by atoms with E-state index in [4.69, 9.17) is 4.74 Å². The van der Waals surface area contributed by atoms with Crippen molar-refractivity contribution in [3.05, 3.63) is 24.3 Å². The van der Waals surface area contributed by atoms with Gasteiger partial charge in [0.05, 0.1) is 7.11 Å². The minimum absolute atomic E-state index is 0.0755. The second-order valence-corrected chi connectivity index (χ2v) is 6.87. The molecule has 2 fully saturated rings. The molecule has 0 bridgehead atoms. The van der Waals surface area contributed by atoms with Crippen LogP contribution >= 0.6 is 0 Å². The molecule has 24 heavy (non-hydrogen) atoms. The number of anilines is 1. The molecule has 1 aromatic carbocycles. The molecule has 1 amide bonds. The maximum atomic E-state index is 12.2. The molecular formula is C19H29N3O2. The molecule has 0 radical (unpaired) electrons. The van der Waals surface area contributed by atoms with Gasteiger partial charge in [-0.15, -0.1) is 0 Å². The lowest BCUT2D eigenvalue weighted by Crippen LogP contribution is -2.47. The molecular weight excluding hydrogens is 302 g/mol. The van der Waals surface area contributed by atoms with Gasteiger partial charge in [0.15, 0.2) is 0 Å². The first-order valence-corrected chi connectivity index (χ1v) is 9.15. The topological polar surface area (TPSA) is 44.8 Å². The molecule has 0 aromatic heterocycles. The lowest BCUT2D eigenvalue weighted by Gasteiger charge is -2.37. The van der Waals surface area contributed by atoms with Crippen LogP contribution < -0.4 is 10.1 Å². The van der Waals surface area contributed by atoms with E-state index in [1.54, 1.807) is 7.11 Å². The minimum Gasteiger partial charge on any atom is -0.497 e. The van der Waals surface area contributed by atoms with Gasteiger partial charge in [0.25, 0.3) is 0 Å². The molecule has 0 spiro atoms. The summed E-state index contributed by atoms with van der Waals surface area (Å²) in [5.41, 5.74) is 0.799. The fraction of sp³-hybridized carbons (Fsp3) is 0.632. The molecule has 1 N–H and O–H groups in total. The van der Waals surface area contributed by atoms with Crippen molar-refractivity contribution in [2.75, 3.05) is 45.2 Å². The van der Waals surface area contributed by atoms with Crippen molar-refractivity contribution in [1.29, 1.82) is 0 Å². The van der Waals surface area contributed by atoms with Crippen molar-refractivity contribution in [1.82, 2.24) is 9.80 Å². The Balaban J connectivity index is 1.43. The van der Waals surface area contributed by atoms with E-state index in [1.165, 1.54) is 38.8 Å². The van der Waals surface area contributed by atoms with Crippen molar-refractivity contribution in [3.8, 4) is 5.75 Å². The largest absolute Gasteiger partial charge is 0.497 e. The number of likely N-dealkylation sites (tertiary alicyclic amines) is 2. The van der Waals surface area contributed by atoms with Gasteiger partial charge >= 0.3 is 0 Å². The van der Waals surface area contributed by atoms with Gasteiger partial charge in [0.1, 0.15) is 5.75 Å². The molecule has 2 aliphatic rings. The van der Waals surface area contributed by atoms with Crippen LogP contribution in [0.15, 0.2) is 24.3 Å². The Kier molecular flexibility index (Phi) is 6.10. The van der Waals surface area contributed by atoms with E-state index >= 15 is 0 Å². The van der Waals surface area contributed by atoms with E-state index in [0.29, 0.717) is 12.5 Å². The Morgan fingerprint density at radius 2 is 2.08 bits per heavy atom. The van der Waals surface area contributed by atoms with Crippen LogP contribution in [0.2, 0.25) is 0 Å². The molecule has 3 rings (SSSR count). The predicted molar refractivity (Wildman–Crippen MR) is 96.5 cm³/mol.